The summed E-state index contributed by atoms with van der Waals surface area (Å²) in [5.41, 5.74) is 1.97. The maximum atomic E-state index is 14.0. The van der Waals surface area contributed by atoms with Crippen LogP contribution in [0.4, 0.5) is 0 Å². The van der Waals surface area contributed by atoms with Crippen LogP contribution in [0, 0.1) is 32.6 Å². The van der Waals surface area contributed by atoms with Crippen LogP contribution in [0.25, 0.3) is 0 Å². The summed E-state index contributed by atoms with van der Waals surface area (Å²) in [7, 11) is -5.24. The molecule has 0 N–H and O–H groups in total. The molecular formula is C36H49B2CoNO7S-. The number of hydrogen-bond donors (Lipinski definition) is 0. The second-order valence-electron chi connectivity index (χ2n) is 15.2. The van der Waals surface area contributed by atoms with Crippen LogP contribution in [-0.4, -0.2) is 68.2 Å². The number of aryl methyl sites for hydroxylation is 1. The minimum atomic E-state index is -3.82. The molecule has 3 aliphatic heterocycles. The Kier molecular flexibility index (Phi) is 10.9. The van der Waals surface area contributed by atoms with E-state index in [2.05, 4.69) is 0 Å². The molecular weight excluding hydrogens is 671 g/mol. The largest absolute Gasteiger partial charge is 0.491 e. The van der Waals surface area contributed by atoms with Gasteiger partial charge < -0.3 is 26.0 Å². The maximum absolute atomic E-state index is 14.0. The normalized spacial score (nSPS) is 27.8. The van der Waals surface area contributed by atoms with E-state index >= 15 is 0 Å². The molecule has 4 fully saturated rings. The fourth-order valence-corrected chi connectivity index (χ4v) is 8.38. The molecule has 6 aliphatic rings. The second kappa shape index (κ2) is 13.4. The molecule has 2 radical (unpaired) electrons. The minimum Gasteiger partial charge on any atom is -0.400 e. The van der Waals surface area contributed by atoms with E-state index in [0.29, 0.717) is 12.8 Å². The zero-order valence-corrected chi connectivity index (χ0v) is 31.7. The van der Waals surface area contributed by atoms with Crippen LogP contribution in [-0.2, 0) is 50.2 Å². The van der Waals surface area contributed by atoms with Gasteiger partial charge in [0.15, 0.2) is 0 Å². The molecule has 8 nitrogen and oxygen atoms in total. The zero-order valence-electron chi connectivity index (χ0n) is 29.9. The van der Waals surface area contributed by atoms with Crippen LogP contribution in [0.3, 0.4) is 0 Å². The van der Waals surface area contributed by atoms with Crippen LogP contribution < -0.4 is 0 Å². The number of fused-ring (bicyclic) bond motifs is 2. The van der Waals surface area contributed by atoms with E-state index in [1.807, 2.05) is 105 Å². The van der Waals surface area contributed by atoms with Crippen molar-refractivity contribution in [2.24, 2.45) is 11.8 Å². The number of carbonyl (C=O) groups excluding carboxylic acids is 1. The fourth-order valence-electron chi connectivity index (χ4n) is 7.01. The molecule has 12 heteroatoms. The first-order chi connectivity index (χ1) is 21.4. The van der Waals surface area contributed by atoms with Crippen molar-refractivity contribution in [2.75, 3.05) is 13.1 Å². The van der Waals surface area contributed by atoms with Crippen molar-refractivity contribution in [2.45, 2.75) is 102 Å². The van der Waals surface area contributed by atoms with Crippen molar-refractivity contribution in [3.8, 4) is 0 Å². The van der Waals surface area contributed by atoms with Gasteiger partial charge in [-0.25, -0.2) is 8.42 Å². The molecule has 3 saturated heterocycles. The predicted octanol–water partition coefficient (Wildman–Crippen LogP) is 6.23. The third-order valence-electron chi connectivity index (χ3n) is 11.1. The van der Waals surface area contributed by atoms with Gasteiger partial charge in [0.05, 0.1) is 27.3 Å². The molecule has 3 heterocycles. The van der Waals surface area contributed by atoms with Gasteiger partial charge in [0.2, 0.25) is 10.0 Å². The number of allylic oxidation sites excluding steroid dienone is 6. The quantitative estimate of drug-likeness (QED) is 0.269. The number of nitrogens with zero attached hydrogens (tertiary/aromatic N) is 1. The molecule has 0 bridgehead atoms. The van der Waals surface area contributed by atoms with E-state index in [-0.39, 0.29) is 53.9 Å². The number of ketones is 1. The van der Waals surface area contributed by atoms with E-state index in [1.54, 1.807) is 12.1 Å². The van der Waals surface area contributed by atoms with Crippen molar-refractivity contribution in [3.05, 3.63) is 90.1 Å². The summed E-state index contributed by atoms with van der Waals surface area (Å²) in [5.74, 6) is -0.522. The van der Waals surface area contributed by atoms with Crippen molar-refractivity contribution in [1.82, 2.24) is 4.31 Å². The Bertz CT molecular complexity index is 1620. The van der Waals surface area contributed by atoms with Gasteiger partial charge in [0.1, 0.15) is 5.78 Å². The van der Waals surface area contributed by atoms with Crippen LogP contribution in [0.2, 0.25) is 0 Å². The molecule has 1 aromatic carbocycles. The summed E-state index contributed by atoms with van der Waals surface area (Å²) in [6, 6.07) is 6.92. The van der Waals surface area contributed by atoms with Gasteiger partial charge in [0, 0.05) is 48.6 Å². The number of benzene rings is 1. The summed E-state index contributed by atoms with van der Waals surface area (Å²) in [6.07, 6.45) is 11.1. The van der Waals surface area contributed by atoms with Gasteiger partial charge in [-0.2, -0.15) is 4.31 Å². The topological polar surface area (TPSA) is 91.4 Å². The number of carbonyl (C=O) groups is 1. The summed E-state index contributed by atoms with van der Waals surface area (Å²) in [6.45, 7) is 18.2. The molecule has 3 aliphatic carbocycles. The summed E-state index contributed by atoms with van der Waals surface area (Å²) in [5, 5.41) is 0. The molecule has 0 amide bonds. The van der Waals surface area contributed by atoms with Crippen LogP contribution >= 0.6 is 0 Å². The third kappa shape index (κ3) is 6.56. The molecule has 0 spiro atoms. The van der Waals surface area contributed by atoms with E-state index in [0.717, 1.165) is 27.7 Å². The average Bonchev–Trinajstić information content (AvgIpc) is 3.77. The molecule has 2 atom stereocenters. The maximum Gasteiger partial charge on any atom is 0.491 e. The Morgan fingerprint density at radius 2 is 1.17 bits per heavy atom. The Morgan fingerprint density at radius 3 is 1.60 bits per heavy atom. The summed E-state index contributed by atoms with van der Waals surface area (Å²) in [4.78, 5) is 13.9. The number of sulfonamides is 1. The smallest absolute Gasteiger partial charge is 0.400 e. The van der Waals surface area contributed by atoms with Crippen LogP contribution in [0.5, 0.6) is 0 Å². The number of hydrogen-bond acceptors (Lipinski definition) is 7. The number of rotatable bonds is 4. The summed E-state index contributed by atoms with van der Waals surface area (Å²) < 4.78 is 55.6. The van der Waals surface area contributed by atoms with Gasteiger partial charge in [-0.15, -0.1) is 0 Å². The Hall–Kier alpha value is -1.76. The third-order valence-corrected chi connectivity index (χ3v) is 13.0. The van der Waals surface area contributed by atoms with E-state index < -0.39 is 52.6 Å². The molecule has 48 heavy (non-hydrogen) atoms. The van der Waals surface area contributed by atoms with E-state index in [9.17, 15) is 13.2 Å². The van der Waals surface area contributed by atoms with Crippen molar-refractivity contribution in [3.63, 3.8) is 0 Å². The summed E-state index contributed by atoms with van der Waals surface area (Å²) >= 11 is 0. The average molecular weight is 720 g/mol. The van der Waals surface area contributed by atoms with Crippen LogP contribution in [0.1, 0.15) is 73.8 Å². The Labute approximate surface area is 299 Å². The zero-order chi connectivity index (χ0) is 33.4. The van der Waals surface area contributed by atoms with Crippen molar-refractivity contribution < 1.29 is 48.6 Å². The van der Waals surface area contributed by atoms with Crippen molar-refractivity contribution >= 4 is 30.0 Å². The monoisotopic (exact) mass is 720 g/mol. The van der Waals surface area contributed by atoms with Gasteiger partial charge in [-0.3, -0.25) is 4.79 Å². The minimum absolute atomic E-state index is 0. The molecule has 0 unspecified atom stereocenters. The first-order valence-electron chi connectivity index (χ1n) is 16.3. The first kappa shape index (κ1) is 39.0. The molecule has 262 valence electrons. The molecule has 0 aromatic heterocycles. The van der Waals surface area contributed by atoms with Gasteiger partial charge in [-0.05, 0) is 109 Å². The van der Waals surface area contributed by atoms with Gasteiger partial charge in [-0.1, -0.05) is 42.0 Å². The Morgan fingerprint density at radius 1 is 0.729 bits per heavy atom. The van der Waals surface area contributed by atoms with Gasteiger partial charge in [0.25, 0.3) is 0 Å². The van der Waals surface area contributed by atoms with E-state index in [4.69, 9.17) is 18.6 Å². The number of Topliss-reactive ketones (excluding diaryl/α,β-unsaturated/α-hetero) is 1. The molecule has 1 aromatic rings. The SMILES string of the molecule is Cc1ccc(S(=O)(=O)N2CC3=C(B4OC(C)(C)C(C)(C)O4)[C@H]4C(=O)CC[C@H]4C(B4OC(C)(C)C(C)(C)O4)=C3C2)cc1.[CH3-].[CH]1C=CC=C1.[Co]. The first-order valence-corrected chi connectivity index (χ1v) is 17.7. The Balaban J connectivity index is 0.000000682. The standard InChI is InChI=1S/C30H41B2NO7S.C5H5.CH3.Co/c1-18-10-12-19(13-11-18)41(35,36)33-16-21-22(17-33)26(32-39-29(6,7)30(8,9)40-32)24-20(14-15-23(24)34)25(21)31-37-27(2,3)28(4,5)38-31;1-2-4-5-3-1;;/h10-13,20,24H,14-17H2,1-9H3;1-5H;1H3;/q;;-1;/t20-,24-;;;/m1.../s1. The van der Waals surface area contributed by atoms with E-state index in [1.165, 1.54) is 4.31 Å². The van der Waals surface area contributed by atoms with Crippen molar-refractivity contribution in [1.29, 1.82) is 0 Å². The fraction of sp³-hybridized carbons (Fsp3) is 0.528. The van der Waals surface area contributed by atoms with Crippen LogP contribution in [0.15, 0.2) is 75.6 Å². The predicted molar refractivity (Wildman–Crippen MR) is 186 cm³/mol. The molecule has 1 saturated carbocycles. The van der Waals surface area contributed by atoms with Gasteiger partial charge >= 0.3 is 14.2 Å². The second-order valence-corrected chi connectivity index (χ2v) is 17.1. The molecule has 7 rings (SSSR count).